The minimum Gasteiger partial charge on any atom is -0.396 e. The van der Waals surface area contributed by atoms with Crippen molar-refractivity contribution in [2.45, 2.75) is 45.4 Å². The Morgan fingerprint density at radius 2 is 2.00 bits per heavy atom. The van der Waals surface area contributed by atoms with Gasteiger partial charge in [-0.15, -0.1) is 0 Å². The molecule has 0 atom stereocenters. The second-order valence-electron chi connectivity index (χ2n) is 4.38. The zero-order chi connectivity index (χ0) is 11.6. The number of unbranched alkanes of at least 4 members (excludes halogenated alkanes) is 2. The van der Waals surface area contributed by atoms with E-state index >= 15 is 0 Å². The van der Waals surface area contributed by atoms with E-state index in [0.29, 0.717) is 6.61 Å². The van der Waals surface area contributed by atoms with E-state index in [4.69, 9.17) is 5.11 Å². The van der Waals surface area contributed by atoms with Crippen LogP contribution in [0.1, 0.15) is 45.4 Å². The van der Waals surface area contributed by atoms with Gasteiger partial charge in [-0.05, 0) is 38.2 Å². The van der Waals surface area contributed by atoms with Gasteiger partial charge >= 0.3 is 0 Å². The van der Waals surface area contributed by atoms with Crippen LogP contribution in [0.5, 0.6) is 0 Å². The van der Waals surface area contributed by atoms with Crippen LogP contribution in [-0.2, 0) is 0 Å². The van der Waals surface area contributed by atoms with Crippen molar-refractivity contribution in [3.63, 3.8) is 0 Å². The first kappa shape index (κ1) is 13.3. The maximum atomic E-state index is 8.82. The van der Waals surface area contributed by atoms with Gasteiger partial charge in [-0.3, -0.25) is 0 Å². The predicted molar refractivity (Wildman–Crippen MR) is 69.3 cm³/mol. The molecule has 0 spiro atoms. The molecular weight excluding hydrogens is 198 g/mol. The molecule has 0 saturated heterocycles. The molecule has 1 aliphatic rings. The quantitative estimate of drug-likeness (QED) is 0.639. The Bertz CT molecular complexity index is 233. The lowest BCUT2D eigenvalue weighted by Crippen LogP contribution is -2.25. The molecule has 0 amide bonds. The fourth-order valence-electron chi connectivity index (χ4n) is 1.97. The standard InChI is InChI=1S/C14H25NO/c1-2-3-11-15(12-7-8-13-16)14-9-5-4-6-10-14/h5,9-10,16H,2-4,6-8,11-13H2,1H3. The summed E-state index contributed by atoms with van der Waals surface area (Å²) in [5, 5.41) is 8.82. The zero-order valence-electron chi connectivity index (χ0n) is 10.5. The Balaban J connectivity index is 2.41. The van der Waals surface area contributed by atoms with Crippen LogP contribution in [0.2, 0.25) is 0 Å². The van der Waals surface area contributed by atoms with Crippen LogP contribution in [0.15, 0.2) is 23.9 Å². The highest BCUT2D eigenvalue weighted by molar-refractivity contribution is 5.21. The smallest absolute Gasteiger partial charge is 0.0431 e. The molecule has 0 aromatic heterocycles. The van der Waals surface area contributed by atoms with Crippen molar-refractivity contribution in [1.82, 2.24) is 4.90 Å². The van der Waals surface area contributed by atoms with E-state index in [0.717, 1.165) is 25.9 Å². The van der Waals surface area contributed by atoms with E-state index in [-0.39, 0.29) is 0 Å². The molecule has 0 bridgehead atoms. The van der Waals surface area contributed by atoms with Crippen molar-refractivity contribution in [1.29, 1.82) is 0 Å². The molecule has 0 heterocycles. The molecule has 0 aromatic rings. The molecule has 0 aromatic carbocycles. The van der Waals surface area contributed by atoms with Gasteiger partial charge in [-0.25, -0.2) is 0 Å². The lowest BCUT2D eigenvalue weighted by Gasteiger charge is -2.27. The number of aliphatic hydroxyl groups is 1. The summed E-state index contributed by atoms with van der Waals surface area (Å²) < 4.78 is 0. The zero-order valence-corrected chi connectivity index (χ0v) is 10.5. The Morgan fingerprint density at radius 3 is 2.62 bits per heavy atom. The first-order valence-electron chi connectivity index (χ1n) is 6.61. The largest absolute Gasteiger partial charge is 0.396 e. The van der Waals surface area contributed by atoms with Gasteiger partial charge < -0.3 is 10.0 Å². The van der Waals surface area contributed by atoms with Crippen molar-refractivity contribution in [2.75, 3.05) is 19.7 Å². The Labute approximate surface area is 99.7 Å². The summed E-state index contributed by atoms with van der Waals surface area (Å²) in [7, 11) is 0. The third-order valence-electron chi connectivity index (χ3n) is 2.96. The fraction of sp³-hybridized carbons (Fsp3) is 0.714. The molecule has 92 valence electrons. The van der Waals surface area contributed by atoms with Gasteiger partial charge in [-0.2, -0.15) is 0 Å². The van der Waals surface area contributed by atoms with Crippen LogP contribution < -0.4 is 0 Å². The highest BCUT2D eigenvalue weighted by atomic mass is 16.2. The lowest BCUT2D eigenvalue weighted by molar-refractivity contribution is 0.266. The SMILES string of the molecule is CCCCN(CCCCO)C1=CCCC=C1. The number of rotatable bonds is 8. The fourth-order valence-corrected chi connectivity index (χ4v) is 1.97. The number of allylic oxidation sites excluding steroid dienone is 3. The van der Waals surface area contributed by atoms with E-state index < -0.39 is 0 Å². The van der Waals surface area contributed by atoms with Crippen molar-refractivity contribution < 1.29 is 5.11 Å². The van der Waals surface area contributed by atoms with E-state index in [1.165, 1.54) is 31.4 Å². The van der Waals surface area contributed by atoms with Gasteiger partial charge in [0.05, 0.1) is 0 Å². The summed E-state index contributed by atoms with van der Waals surface area (Å²) in [4.78, 5) is 2.47. The minimum atomic E-state index is 0.316. The summed E-state index contributed by atoms with van der Waals surface area (Å²) >= 11 is 0. The normalized spacial score (nSPS) is 15.0. The molecule has 0 radical (unpaired) electrons. The second kappa shape index (κ2) is 8.40. The van der Waals surface area contributed by atoms with Crippen molar-refractivity contribution in [2.24, 2.45) is 0 Å². The molecule has 0 fully saturated rings. The first-order chi connectivity index (χ1) is 7.88. The van der Waals surface area contributed by atoms with Gasteiger partial charge in [-0.1, -0.05) is 25.5 Å². The van der Waals surface area contributed by atoms with Crippen molar-refractivity contribution >= 4 is 0 Å². The average Bonchev–Trinajstić information content (AvgIpc) is 2.35. The van der Waals surface area contributed by atoms with Gasteiger partial charge in [0, 0.05) is 25.4 Å². The first-order valence-corrected chi connectivity index (χ1v) is 6.61. The highest BCUT2D eigenvalue weighted by Gasteiger charge is 2.07. The lowest BCUT2D eigenvalue weighted by atomic mass is 10.1. The number of hydrogen-bond donors (Lipinski definition) is 1. The Morgan fingerprint density at radius 1 is 1.19 bits per heavy atom. The maximum Gasteiger partial charge on any atom is 0.0431 e. The molecule has 1 aliphatic carbocycles. The minimum absolute atomic E-state index is 0.316. The summed E-state index contributed by atoms with van der Waals surface area (Å²) in [6.07, 6.45) is 13.7. The molecule has 0 unspecified atom stereocenters. The van der Waals surface area contributed by atoms with Gasteiger partial charge in [0.2, 0.25) is 0 Å². The topological polar surface area (TPSA) is 23.5 Å². The average molecular weight is 223 g/mol. The number of aliphatic hydroxyl groups excluding tert-OH is 1. The van der Waals surface area contributed by atoms with Crippen LogP contribution in [-0.4, -0.2) is 29.7 Å². The van der Waals surface area contributed by atoms with Gasteiger partial charge in [0.15, 0.2) is 0 Å². The summed E-state index contributed by atoms with van der Waals surface area (Å²) in [6.45, 7) is 4.78. The third-order valence-corrected chi connectivity index (χ3v) is 2.96. The van der Waals surface area contributed by atoms with E-state index in [1.54, 1.807) is 0 Å². The van der Waals surface area contributed by atoms with Crippen LogP contribution in [0, 0.1) is 0 Å². The second-order valence-corrected chi connectivity index (χ2v) is 4.38. The van der Waals surface area contributed by atoms with Crippen LogP contribution >= 0.6 is 0 Å². The molecule has 1 N–H and O–H groups in total. The van der Waals surface area contributed by atoms with E-state index in [2.05, 4.69) is 30.1 Å². The van der Waals surface area contributed by atoms with Crippen LogP contribution in [0.4, 0.5) is 0 Å². The number of nitrogens with zero attached hydrogens (tertiary/aromatic N) is 1. The summed E-state index contributed by atoms with van der Waals surface area (Å²) in [6, 6.07) is 0. The molecule has 2 heteroatoms. The van der Waals surface area contributed by atoms with Crippen molar-refractivity contribution in [3.8, 4) is 0 Å². The molecule has 1 rings (SSSR count). The molecule has 0 saturated carbocycles. The summed E-state index contributed by atoms with van der Waals surface area (Å²) in [5.41, 5.74) is 1.39. The molecular formula is C14H25NO. The summed E-state index contributed by atoms with van der Waals surface area (Å²) in [5.74, 6) is 0. The van der Waals surface area contributed by atoms with Crippen LogP contribution in [0.25, 0.3) is 0 Å². The molecule has 2 nitrogen and oxygen atoms in total. The maximum absolute atomic E-state index is 8.82. The highest BCUT2D eigenvalue weighted by Crippen LogP contribution is 2.15. The van der Waals surface area contributed by atoms with Crippen LogP contribution in [0.3, 0.4) is 0 Å². The number of hydrogen-bond acceptors (Lipinski definition) is 2. The Kier molecular flexibility index (Phi) is 6.98. The Hall–Kier alpha value is -0.760. The van der Waals surface area contributed by atoms with E-state index in [9.17, 15) is 0 Å². The monoisotopic (exact) mass is 223 g/mol. The van der Waals surface area contributed by atoms with Gasteiger partial charge in [0.1, 0.15) is 0 Å². The molecule has 0 aliphatic heterocycles. The van der Waals surface area contributed by atoms with Crippen molar-refractivity contribution in [3.05, 3.63) is 23.9 Å². The van der Waals surface area contributed by atoms with Gasteiger partial charge in [0.25, 0.3) is 0 Å². The molecule has 16 heavy (non-hydrogen) atoms. The predicted octanol–water partition coefficient (Wildman–Crippen LogP) is 3.09. The third kappa shape index (κ3) is 4.84. The van der Waals surface area contributed by atoms with E-state index in [1.807, 2.05) is 0 Å².